The van der Waals surface area contributed by atoms with E-state index in [4.69, 9.17) is 5.73 Å². The number of hydrogen-bond donors (Lipinski definition) is 4. The monoisotopic (exact) mass is 337 g/mol. The van der Waals surface area contributed by atoms with Crippen molar-refractivity contribution in [1.29, 1.82) is 0 Å². The fourth-order valence-electron chi connectivity index (χ4n) is 2.55. The predicted molar refractivity (Wildman–Crippen MR) is 95.3 cm³/mol. The van der Waals surface area contributed by atoms with Gasteiger partial charge in [-0.3, -0.25) is 0 Å². The van der Waals surface area contributed by atoms with E-state index >= 15 is 0 Å². The Balaban J connectivity index is 1.78. The molecule has 0 aliphatic carbocycles. The lowest BCUT2D eigenvalue weighted by atomic mass is 10.0. The zero-order valence-corrected chi connectivity index (χ0v) is 13.8. The van der Waals surface area contributed by atoms with E-state index in [2.05, 4.69) is 20.3 Å². The standard InChI is InChI=1S/C18H19N5O2/c1-11-21-17(19)23-18(22-11)20-10-14-7-4-6-13(16(14)25)9-12-5-2-3-8-15(12)24/h2-8,24-25H,9-10H2,1H3,(H3,19,20,21,22,23). The average molecular weight is 337 g/mol. The van der Waals surface area contributed by atoms with Crippen LogP contribution in [0.1, 0.15) is 22.5 Å². The van der Waals surface area contributed by atoms with Crippen molar-refractivity contribution in [2.45, 2.75) is 19.9 Å². The van der Waals surface area contributed by atoms with E-state index in [1.807, 2.05) is 30.3 Å². The van der Waals surface area contributed by atoms with E-state index in [0.29, 0.717) is 30.3 Å². The van der Waals surface area contributed by atoms with Crippen LogP contribution in [-0.2, 0) is 13.0 Å². The number of aromatic hydroxyl groups is 2. The van der Waals surface area contributed by atoms with E-state index < -0.39 is 0 Å². The summed E-state index contributed by atoms with van der Waals surface area (Å²) in [6, 6.07) is 12.6. The molecule has 5 N–H and O–H groups in total. The normalized spacial score (nSPS) is 10.6. The van der Waals surface area contributed by atoms with Crippen molar-refractivity contribution in [2.75, 3.05) is 11.1 Å². The lowest BCUT2D eigenvalue weighted by Crippen LogP contribution is -2.08. The van der Waals surface area contributed by atoms with Gasteiger partial charge < -0.3 is 21.3 Å². The first-order valence-corrected chi connectivity index (χ1v) is 7.81. The van der Waals surface area contributed by atoms with E-state index in [-0.39, 0.29) is 17.4 Å². The van der Waals surface area contributed by atoms with Gasteiger partial charge in [0.05, 0.1) is 0 Å². The van der Waals surface area contributed by atoms with Gasteiger partial charge in [-0.1, -0.05) is 36.4 Å². The van der Waals surface area contributed by atoms with Crippen LogP contribution in [0.25, 0.3) is 0 Å². The van der Waals surface area contributed by atoms with Crippen LogP contribution >= 0.6 is 0 Å². The second-order valence-corrected chi connectivity index (χ2v) is 5.65. The third-order valence-corrected chi connectivity index (χ3v) is 3.78. The highest BCUT2D eigenvalue weighted by atomic mass is 16.3. The highest BCUT2D eigenvalue weighted by Crippen LogP contribution is 2.28. The summed E-state index contributed by atoms with van der Waals surface area (Å²) < 4.78 is 0. The molecule has 0 radical (unpaired) electrons. The van der Waals surface area contributed by atoms with Crippen molar-refractivity contribution in [1.82, 2.24) is 15.0 Å². The Morgan fingerprint density at radius 2 is 1.64 bits per heavy atom. The molecule has 0 spiro atoms. The molecule has 3 aromatic rings. The van der Waals surface area contributed by atoms with Crippen molar-refractivity contribution in [3.63, 3.8) is 0 Å². The molecule has 2 aromatic carbocycles. The largest absolute Gasteiger partial charge is 0.508 e. The fraction of sp³-hybridized carbons (Fsp3) is 0.167. The summed E-state index contributed by atoms with van der Waals surface area (Å²) in [5.74, 6) is 1.41. The van der Waals surface area contributed by atoms with Gasteiger partial charge in [-0.25, -0.2) is 0 Å². The van der Waals surface area contributed by atoms with Crippen molar-refractivity contribution >= 4 is 11.9 Å². The van der Waals surface area contributed by atoms with Crippen molar-refractivity contribution in [3.05, 3.63) is 65.0 Å². The van der Waals surface area contributed by atoms with E-state index in [0.717, 1.165) is 11.1 Å². The van der Waals surface area contributed by atoms with E-state index in [1.54, 1.807) is 19.1 Å². The number of nitrogen functional groups attached to an aromatic ring is 1. The number of nitrogens with zero attached hydrogens (tertiary/aromatic N) is 3. The Morgan fingerprint density at radius 3 is 2.40 bits per heavy atom. The molecule has 0 amide bonds. The molecule has 1 aromatic heterocycles. The molecule has 0 aliphatic rings. The molecule has 0 saturated carbocycles. The molecule has 0 bridgehead atoms. The van der Waals surface area contributed by atoms with Crippen LogP contribution in [0.4, 0.5) is 11.9 Å². The summed E-state index contributed by atoms with van der Waals surface area (Å²) in [5.41, 5.74) is 7.79. The van der Waals surface area contributed by atoms with Gasteiger partial charge in [0.2, 0.25) is 11.9 Å². The fourth-order valence-corrected chi connectivity index (χ4v) is 2.55. The zero-order chi connectivity index (χ0) is 17.8. The average Bonchev–Trinajstić information content (AvgIpc) is 2.57. The Hall–Kier alpha value is -3.35. The molecule has 0 unspecified atom stereocenters. The maximum atomic E-state index is 10.5. The Kier molecular flexibility index (Phi) is 4.65. The number of nitrogens with two attached hydrogens (primary N) is 1. The smallest absolute Gasteiger partial charge is 0.227 e. The van der Waals surface area contributed by atoms with Gasteiger partial charge in [0.25, 0.3) is 0 Å². The highest BCUT2D eigenvalue weighted by molar-refractivity contribution is 5.46. The minimum absolute atomic E-state index is 0.146. The number of phenols is 2. The lowest BCUT2D eigenvalue weighted by molar-refractivity contribution is 0.459. The Morgan fingerprint density at radius 1 is 0.920 bits per heavy atom. The third-order valence-electron chi connectivity index (χ3n) is 3.78. The highest BCUT2D eigenvalue weighted by Gasteiger charge is 2.10. The Bertz CT molecular complexity index is 878. The molecule has 7 nitrogen and oxygen atoms in total. The maximum absolute atomic E-state index is 10.5. The first kappa shape index (κ1) is 16.5. The minimum atomic E-state index is 0.146. The molecule has 25 heavy (non-hydrogen) atoms. The molecule has 0 aliphatic heterocycles. The van der Waals surface area contributed by atoms with Crippen LogP contribution in [0.2, 0.25) is 0 Å². The number of phenolic OH excluding ortho intramolecular Hbond substituents is 2. The first-order valence-electron chi connectivity index (χ1n) is 7.81. The van der Waals surface area contributed by atoms with Crippen LogP contribution in [0.15, 0.2) is 42.5 Å². The second kappa shape index (κ2) is 7.04. The third kappa shape index (κ3) is 3.95. The summed E-state index contributed by atoms with van der Waals surface area (Å²) in [6.45, 7) is 2.07. The number of anilines is 2. The second-order valence-electron chi connectivity index (χ2n) is 5.65. The number of nitrogens with one attached hydrogen (secondary N) is 1. The molecule has 1 heterocycles. The van der Waals surface area contributed by atoms with E-state index in [9.17, 15) is 10.2 Å². The van der Waals surface area contributed by atoms with Gasteiger partial charge in [0.1, 0.15) is 17.3 Å². The summed E-state index contributed by atoms with van der Waals surface area (Å²) in [5, 5.41) is 23.5. The van der Waals surface area contributed by atoms with E-state index in [1.165, 1.54) is 0 Å². The molecule has 0 atom stereocenters. The SMILES string of the molecule is Cc1nc(N)nc(NCc2cccc(Cc3ccccc3O)c2O)n1. The number of rotatable bonds is 5. The van der Waals surface area contributed by atoms with Gasteiger partial charge in [0, 0.05) is 18.5 Å². The van der Waals surface area contributed by atoms with Crippen molar-refractivity contribution in [2.24, 2.45) is 0 Å². The molecular formula is C18H19N5O2. The van der Waals surface area contributed by atoms with Crippen molar-refractivity contribution in [3.8, 4) is 11.5 Å². The molecule has 7 heteroatoms. The summed E-state index contributed by atoms with van der Waals surface area (Å²) >= 11 is 0. The first-order chi connectivity index (χ1) is 12.0. The minimum Gasteiger partial charge on any atom is -0.508 e. The number of para-hydroxylation sites is 2. The quantitative estimate of drug-likeness (QED) is 0.564. The summed E-state index contributed by atoms with van der Waals surface area (Å²) in [7, 11) is 0. The zero-order valence-electron chi connectivity index (χ0n) is 13.8. The van der Waals surface area contributed by atoms with Gasteiger partial charge in [-0.2, -0.15) is 15.0 Å². The van der Waals surface area contributed by atoms with Crippen LogP contribution in [0, 0.1) is 6.92 Å². The number of hydrogen-bond acceptors (Lipinski definition) is 7. The Labute approximate surface area is 145 Å². The topological polar surface area (TPSA) is 117 Å². The van der Waals surface area contributed by atoms with Gasteiger partial charge in [0.15, 0.2) is 0 Å². The molecule has 3 rings (SSSR count). The van der Waals surface area contributed by atoms with Gasteiger partial charge >= 0.3 is 0 Å². The van der Waals surface area contributed by atoms with Crippen LogP contribution in [-0.4, -0.2) is 25.2 Å². The number of aromatic nitrogens is 3. The maximum Gasteiger partial charge on any atom is 0.227 e. The molecule has 128 valence electrons. The van der Waals surface area contributed by atoms with Crippen LogP contribution < -0.4 is 11.1 Å². The number of aryl methyl sites for hydroxylation is 1. The predicted octanol–water partition coefficient (Wildman–Crippen LogP) is 2.38. The lowest BCUT2D eigenvalue weighted by Gasteiger charge is -2.12. The van der Waals surface area contributed by atoms with Crippen LogP contribution in [0.5, 0.6) is 11.5 Å². The molecular weight excluding hydrogens is 318 g/mol. The molecule has 0 saturated heterocycles. The van der Waals surface area contributed by atoms with Crippen LogP contribution in [0.3, 0.4) is 0 Å². The summed E-state index contributed by atoms with van der Waals surface area (Å²) in [6.07, 6.45) is 0.435. The van der Waals surface area contributed by atoms with Gasteiger partial charge in [-0.15, -0.1) is 0 Å². The van der Waals surface area contributed by atoms with Crippen molar-refractivity contribution < 1.29 is 10.2 Å². The summed E-state index contributed by atoms with van der Waals surface area (Å²) in [4.78, 5) is 12.1. The number of benzene rings is 2. The molecule has 0 fully saturated rings. The van der Waals surface area contributed by atoms with Gasteiger partial charge in [-0.05, 0) is 24.1 Å².